The number of hydrogen-bond acceptors (Lipinski definition) is 8. The summed E-state index contributed by atoms with van der Waals surface area (Å²) in [7, 11) is 0. The predicted octanol–water partition coefficient (Wildman–Crippen LogP) is 2.46. The van der Waals surface area contributed by atoms with Crippen LogP contribution in [0.2, 0.25) is 0 Å². The molecule has 5 rings (SSSR count). The van der Waals surface area contributed by atoms with Gasteiger partial charge in [0.25, 0.3) is 0 Å². The quantitative estimate of drug-likeness (QED) is 0.460. The van der Waals surface area contributed by atoms with Gasteiger partial charge in [0.2, 0.25) is 5.91 Å². The highest BCUT2D eigenvalue weighted by molar-refractivity contribution is 5.76. The average Bonchev–Trinajstić information content (AvgIpc) is 3.30. The van der Waals surface area contributed by atoms with Crippen LogP contribution in [0.4, 0.5) is 5.82 Å². The molecule has 0 radical (unpaired) electrons. The second-order valence-corrected chi connectivity index (χ2v) is 8.25. The molecule has 1 fully saturated rings. The second kappa shape index (κ2) is 8.97. The van der Waals surface area contributed by atoms with Crippen LogP contribution in [-0.2, 0) is 11.2 Å². The van der Waals surface area contributed by atoms with Crippen molar-refractivity contribution in [2.24, 2.45) is 0 Å². The maximum Gasteiger partial charge on any atom is 0.222 e. The molecule has 33 heavy (non-hydrogen) atoms. The summed E-state index contributed by atoms with van der Waals surface area (Å²) in [6.07, 6.45) is 5.48. The van der Waals surface area contributed by atoms with Crippen molar-refractivity contribution in [3.63, 3.8) is 0 Å². The Morgan fingerprint density at radius 1 is 1.09 bits per heavy atom. The van der Waals surface area contributed by atoms with Gasteiger partial charge in [-0.2, -0.15) is 4.52 Å². The van der Waals surface area contributed by atoms with Gasteiger partial charge in [-0.15, -0.1) is 15.3 Å². The van der Waals surface area contributed by atoms with Crippen molar-refractivity contribution >= 4 is 17.4 Å². The number of pyridine rings is 1. The number of amides is 1. The number of aryl methyl sites for hydroxylation is 2. The highest BCUT2D eigenvalue weighted by Crippen LogP contribution is 2.20. The molecule has 1 saturated heterocycles. The van der Waals surface area contributed by atoms with Gasteiger partial charge in [-0.05, 0) is 51.0 Å². The molecule has 4 aromatic heterocycles. The molecule has 1 aliphatic rings. The van der Waals surface area contributed by atoms with Crippen molar-refractivity contribution in [2.75, 3.05) is 31.1 Å². The lowest BCUT2D eigenvalue weighted by Crippen LogP contribution is -2.35. The van der Waals surface area contributed by atoms with Crippen LogP contribution in [0.5, 0.6) is 0 Å². The Kier molecular flexibility index (Phi) is 5.72. The zero-order valence-corrected chi connectivity index (χ0v) is 18.8. The van der Waals surface area contributed by atoms with E-state index in [9.17, 15) is 4.79 Å². The van der Waals surface area contributed by atoms with Gasteiger partial charge in [0, 0.05) is 56.1 Å². The van der Waals surface area contributed by atoms with E-state index in [4.69, 9.17) is 9.62 Å². The van der Waals surface area contributed by atoms with Gasteiger partial charge in [0.1, 0.15) is 11.6 Å². The van der Waals surface area contributed by atoms with Gasteiger partial charge in [-0.25, -0.2) is 0 Å². The van der Waals surface area contributed by atoms with Gasteiger partial charge >= 0.3 is 0 Å². The molecular weight excluding hydrogens is 420 g/mol. The van der Waals surface area contributed by atoms with E-state index in [1.807, 2.05) is 43.0 Å². The number of carbonyl (C=O) groups is 1. The molecule has 0 spiro atoms. The van der Waals surface area contributed by atoms with E-state index < -0.39 is 0 Å². The van der Waals surface area contributed by atoms with Gasteiger partial charge in [-0.3, -0.25) is 9.78 Å². The van der Waals surface area contributed by atoms with E-state index >= 15 is 0 Å². The molecule has 10 nitrogen and oxygen atoms in total. The summed E-state index contributed by atoms with van der Waals surface area (Å²) in [5.41, 5.74) is 3.45. The fourth-order valence-electron chi connectivity index (χ4n) is 4.27. The molecule has 10 heteroatoms. The third-order valence-electron chi connectivity index (χ3n) is 6.11. The summed E-state index contributed by atoms with van der Waals surface area (Å²) in [4.78, 5) is 21.2. The van der Waals surface area contributed by atoms with E-state index in [0.29, 0.717) is 30.9 Å². The third-order valence-corrected chi connectivity index (χ3v) is 6.11. The number of carbonyl (C=O) groups excluding carboxylic acids is 1. The molecule has 1 amide bonds. The minimum atomic E-state index is 0.165. The predicted molar refractivity (Wildman–Crippen MR) is 122 cm³/mol. The molecule has 0 unspecified atom stereocenters. The van der Waals surface area contributed by atoms with E-state index in [1.54, 1.807) is 16.9 Å². The topological polar surface area (TPSA) is 106 Å². The largest absolute Gasteiger partial charge is 0.361 e. The van der Waals surface area contributed by atoms with Gasteiger partial charge in [-0.1, -0.05) is 5.16 Å². The van der Waals surface area contributed by atoms with Crippen LogP contribution < -0.4 is 4.90 Å². The lowest BCUT2D eigenvalue weighted by Gasteiger charge is -2.23. The first-order valence-corrected chi connectivity index (χ1v) is 11.2. The van der Waals surface area contributed by atoms with Gasteiger partial charge in [0.15, 0.2) is 11.5 Å². The summed E-state index contributed by atoms with van der Waals surface area (Å²) >= 11 is 0. The van der Waals surface area contributed by atoms with E-state index in [0.717, 1.165) is 54.5 Å². The van der Waals surface area contributed by atoms with Crippen LogP contribution in [0.15, 0.2) is 41.2 Å². The number of anilines is 1. The van der Waals surface area contributed by atoms with E-state index in [1.165, 1.54) is 0 Å². The second-order valence-electron chi connectivity index (χ2n) is 8.25. The number of hydrogen-bond donors (Lipinski definition) is 0. The first-order valence-electron chi connectivity index (χ1n) is 11.2. The average molecular weight is 447 g/mol. The smallest absolute Gasteiger partial charge is 0.222 e. The molecular formula is C23H26N8O2. The Morgan fingerprint density at radius 2 is 2.00 bits per heavy atom. The van der Waals surface area contributed by atoms with E-state index in [2.05, 4.69) is 25.2 Å². The summed E-state index contributed by atoms with van der Waals surface area (Å²) < 4.78 is 6.97. The molecule has 5 heterocycles. The monoisotopic (exact) mass is 446 g/mol. The number of aromatic nitrogens is 6. The molecule has 4 aromatic rings. The Balaban J connectivity index is 1.27. The number of rotatable bonds is 5. The Bertz CT molecular complexity index is 1250. The molecule has 0 aliphatic carbocycles. The van der Waals surface area contributed by atoms with Crippen LogP contribution >= 0.6 is 0 Å². The van der Waals surface area contributed by atoms with Crippen molar-refractivity contribution in [1.29, 1.82) is 0 Å². The van der Waals surface area contributed by atoms with Gasteiger partial charge in [0.05, 0.1) is 5.69 Å². The molecule has 0 N–H and O–H groups in total. The minimum Gasteiger partial charge on any atom is -0.361 e. The fraction of sp³-hybridized carbons (Fsp3) is 0.391. The normalized spacial score (nSPS) is 14.6. The SMILES string of the molecule is Cc1noc(C)c1CCC(=O)N1CCCN(c2ccc3nnc(-c4cccnc4)n3n2)CC1. The zero-order chi connectivity index (χ0) is 22.8. The molecule has 170 valence electrons. The standard InChI is InChI=1S/C23H26N8O2/c1-16-19(17(2)33-28-16)6-9-22(32)30-12-4-11-29(13-14-30)21-8-7-20-25-26-23(31(20)27-21)18-5-3-10-24-15-18/h3,5,7-8,10,15H,4,6,9,11-14H2,1-2H3. The lowest BCUT2D eigenvalue weighted by atomic mass is 10.1. The van der Waals surface area contributed by atoms with Crippen molar-refractivity contribution in [2.45, 2.75) is 33.1 Å². The highest BCUT2D eigenvalue weighted by Gasteiger charge is 2.22. The molecule has 0 atom stereocenters. The maximum atomic E-state index is 12.9. The van der Waals surface area contributed by atoms with Crippen LogP contribution in [0.25, 0.3) is 17.0 Å². The van der Waals surface area contributed by atoms with E-state index in [-0.39, 0.29) is 5.91 Å². The van der Waals surface area contributed by atoms with Crippen LogP contribution in [0.3, 0.4) is 0 Å². The summed E-state index contributed by atoms with van der Waals surface area (Å²) in [6, 6.07) is 7.70. The zero-order valence-electron chi connectivity index (χ0n) is 18.8. The molecule has 0 bridgehead atoms. The highest BCUT2D eigenvalue weighted by atomic mass is 16.5. The lowest BCUT2D eigenvalue weighted by molar-refractivity contribution is -0.130. The number of fused-ring (bicyclic) bond motifs is 1. The Morgan fingerprint density at radius 3 is 2.79 bits per heavy atom. The third kappa shape index (κ3) is 4.28. The van der Waals surface area contributed by atoms with Crippen molar-refractivity contribution in [3.05, 3.63) is 53.7 Å². The summed E-state index contributed by atoms with van der Waals surface area (Å²) in [5, 5.41) is 17.3. The van der Waals surface area contributed by atoms with Gasteiger partial charge < -0.3 is 14.3 Å². The number of nitrogens with zero attached hydrogens (tertiary/aromatic N) is 8. The minimum absolute atomic E-state index is 0.165. The Labute approximate surface area is 191 Å². The molecule has 0 saturated carbocycles. The van der Waals surface area contributed by atoms with Crippen LogP contribution in [-0.4, -0.2) is 66.9 Å². The Hall–Kier alpha value is -3.82. The summed E-state index contributed by atoms with van der Waals surface area (Å²) in [5.74, 6) is 2.46. The van der Waals surface area contributed by atoms with Crippen LogP contribution in [0, 0.1) is 13.8 Å². The fourth-order valence-corrected chi connectivity index (χ4v) is 4.27. The molecule has 1 aliphatic heterocycles. The van der Waals surface area contributed by atoms with Crippen LogP contribution in [0.1, 0.15) is 29.9 Å². The van der Waals surface area contributed by atoms with Crippen molar-refractivity contribution in [3.8, 4) is 11.4 Å². The maximum absolute atomic E-state index is 12.9. The molecule has 0 aromatic carbocycles. The first-order chi connectivity index (χ1) is 16.1. The van der Waals surface area contributed by atoms with Crippen molar-refractivity contribution in [1.82, 2.24) is 34.9 Å². The van der Waals surface area contributed by atoms with Crippen molar-refractivity contribution < 1.29 is 9.32 Å². The summed E-state index contributed by atoms with van der Waals surface area (Å²) in [6.45, 7) is 6.77. The first kappa shape index (κ1) is 21.0.